The minimum Gasteiger partial charge on any atom is -0.488 e. The van der Waals surface area contributed by atoms with Crippen LogP contribution in [0.15, 0.2) is 40.2 Å². The van der Waals surface area contributed by atoms with Crippen molar-refractivity contribution in [1.29, 1.82) is 0 Å². The average molecular weight is 324 g/mol. The normalized spacial score (nSPS) is 17.5. The Hall–Kier alpha value is -0.840. The lowest BCUT2D eigenvalue weighted by atomic mass is 10.1. The summed E-state index contributed by atoms with van der Waals surface area (Å²) in [5.41, 5.74) is 1.32. The van der Waals surface area contributed by atoms with Crippen molar-refractivity contribution in [2.24, 2.45) is 0 Å². The van der Waals surface area contributed by atoms with E-state index < -0.39 is 0 Å². The van der Waals surface area contributed by atoms with Gasteiger partial charge in [-0.2, -0.15) is 0 Å². The molecule has 4 heteroatoms. The fourth-order valence-electron chi connectivity index (χ4n) is 2.17. The van der Waals surface area contributed by atoms with Crippen LogP contribution < -0.4 is 10.1 Å². The van der Waals surface area contributed by atoms with Crippen LogP contribution in [0.1, 0.15) is 10.4 Å². The summed E-state index contributed by atoms with van der Waals surface area (Å²) >= 11 is 5.31. The summed E-state index contributed by atoms with van der Waals surface area (Å²) in [6.07, 6.45) is 1.27. The van der Waals surface area contributed by atoms with Gasteiger partial charge in [0, 0.05) is 28.9 Å². The number of hydrogen-bond acceptors (Lipinski definition) is 3. The van der Waals surface area contributed by atoms with E-state index in [1.807, 2.05) is 12.1 Å². The number of para-hydroxylation sites is 1. The number of thiophene rings is 1. The van der Waals surface area contributed by atoms with Gasteiger partial charge in [0.15, 0.2) is 0 Å². The fraction of sp³-hybridized carbons (Fsp3) is 0.286. The zero-order valence-electron chi connectivity index (χ0n) is 9.86. The predicted octanol–water partition coefficient (Wildman–Crippen LogP) is 3.60. The molecule has 1 unspecified atom stereocenters. The molecule has 1 aromatic carbocycles. The number of ether oxygens (including phenoxy) is 1. The minimum absolute atomic E-state index is 0.265. The standard InChI is InChI=1S/C14H14BrNOS/c15-12-5-6-18-14(12)9-16-8-11-7-10-3-1-2-4-13(10)17-11/h1-6,11,16H,7-9H2. The van der Waals surface area contributed by atoms with E-state index in [-0.39, 0.29) is 6.10 Å². The van der Waals surface area contributed by atoms with E-state index in [2.05, 4.69) is 44.8 Å². The van der Waals surface area contributed by atoms with Crippen LogP contribution in [0.25, 0.3) is 0 Å². The highest BCUT2D eigenvalue weighted by Crippen LogP contribution is 2.28. The van der Waals surface area contributed by atoms with Crippen LogP contribution in [0.3, 0.4) is 0 Å². The third-order valence-corrected chi connectivity index (χ3v) is 4.99. The molecule has 94 valence electrons. The first-order chi connectivity index (χ1) is 8.83. The fourth-order valence-corrected chi connectivity index (χ4v) is 3.63. The smallest absolute Gasteiger partial charge is 0.123 e. The molecule has 1 aromatic heterocycles. The lowest BCUT2D eigenvalue weighted by Crippen LogP contribution is -2.29. The number of hydrogen-bond donors (Lipinski definition) is 1. The maximum absolute atomic E-state index is 5.89. The van der Waals surface area contributed by atoms with E-state index in [0.717, 1.165) is 25.3 Å². The van der Waals surface area contributed by atoms with Gasteiger partial charge in [0.1, 0.15) is 11.9 Å². The topological polar surface area (TPSA) is 21.3 Å². The maximum Gasteiger partial charge on any atom is 0.123 e. The van der Waals surface area contributed by atoms with Crippen molar-refractivity contribution in [1.82, 2.24) is 5.32 Å². The Morgan fingerprint density at radius 2 is 2.22 bits per heavy atom. The van der Waals surface area contributed by atoms with E-state index >= 15 is 0 Å². The van der Waals surface area contributed by atoms with Crippen molar-refractivity contribution < 1.29 is 4.74 Å². The van der Waals surface area contributed by atoms with Crippen molar-refractivity contribution in [2.45, 2.75) is 19.1 Å². The van der Waals surface area contributed by atoms with Gasteiger partial charge >= 0.3 is 0 Å². The van der Waals surface area contributed by atoms with Gasteiger partial charge in [-0.1, -0.05) is 18.2 Å². The Morgan fingerprint density at radius 1 is 1.33 bits per heavy atom. The van der Waals surface area contributed by atoms with Crippen LogP contribution in [0.4, 0.5) is 0 Å². The van der Waals surface area contributed by atoms with Gasteiger partial charge in [0.25, 0.3) is 0 Å². The molecule has 0 amide bonds. The Balaban J connectivity index is 1.50. The number of nitrogens with one attached hydrogen (secondary N) is 1. The first kappa shape index (κ1) is 12.2. The van der Waals surface area contributed by atoms with Gasteiger partial charge in [-0.3, -0.25) is 0 Å². The summed E-state index contributed by atoms with van der Waals surface area (Å²) < 4.78 is 7.08. The molecule has 0 saturated carbocycles. The van der Waals surface area contributed by atoms with E-state index in [0.29, 0.717) is 0 Å². The van der Waals surface area contributed by atoms with Gasteiger partial charge in [0.05, 0.1) is 0 Å². The molecule has 0 radical (unpaired) electrons. The van der Waals surface area contributed by atoms with Gasteiger partial charge in [-0.25, -0.2) is 0 Å². The molecule has 1 N–H and O–H groups in total. The quantitative estimate of drug-likeness (QED) is 0.928. The minimum atomic E-state index is 0.265. The van der Waals surface area contributed by atoms with Crippen LogP contribution >= 0.6 is 27.3 Å². The first-order valence-electron chi connectivity index (χ1n) is 6.00. The van der Waals surface area contributed by atoms with Crippen LogP contribution in [0, 0.1) is 0 Å². The van der Waals surface area contributed by atoms with Crippen molar-refractivity contribution in [3.05, 3.63) is 50.6 Å². The zero-order chi connectivity index (χ0) is 12.4. The Kier molecular flexibility index (Phi) is 3.68. The molecule has 18 heavy (non-hydrogen) atoms. The van der Waals surface area contributed by atoms with E-state index in [1.54, 1.807) is 11.3 Å². The van der Waals surface area contributed by atoms with E-state index in [1.165, 1.54) is 14.9 Å². The molecule has 0 bridgehead atoms. The van der Waals surface area contributed by atoms with Crippen molar-refractivity contribution in [3.8, 4) is 5.75 Å². The molecule has 0 spiro atoms. The summed E-state index contributed by atoms with van der Waals surface area (Å²) in [6, 6.07) is 10.4. The molecule has 2 aromatic rings. The van der Waals surface area contributed by atoms with Crippen LogP contribution in [0.5, 0.6) is 5.75 Å². The molecule has 2 nitrogen and oxygen atoms in total. The van der Waals surface area contributed by atoms with Crippen molar-refractivity contribution in [3.63, 3.8) is 0 Å². The second-order valence-electron chi connectivity index (χ2n) is 4.37. The molecule has 0 fully saturated rings. The number of benzene rings is 1. The lowest BCUT2D eigenvalue weighted by Gasteiger charge is -2.11. The number of halogens is 1. The van der Waals surface area contributed by atoms with Crippen molar-refractivity contribution in [2.75, 3.05) is 6.54 Å². The second-order valence-corrected chi connectivity index (χ2v) is 6.23. The third-order valence-electron chi connectivity index (χ3n) is 3.06. The highest BCUT2D eigenvalue weighted by Gasteiger charge is 2.21. The van der Waals surface area contributed by atoms with Gasteiger partial charge in [-0.15, -0.1) is 11.3 Å². The van der Waals surface area contributed by atoms with Crippen LogP contribution in [-0.2, 0) is 13.0 Å². The monoisotopic (exact) mass is 323 g/mol. The number of rotatable bonds is 4. The number of fused-ring (bicyclic) bond motifs is 1. The highest BCUT2D eigenvalue weighted by molar-refractivity contribution is 9.10. The van der Waals surface area contributed by atoms with Gasteiger partial charge < -0.3 is 10.1 Å². The molecule has 3 rings (SSSR count). The molecular formula is C14H14BrNOS. The molecule has 0 aliphatic carbocycles. The third kappa shape index (κ3) is 2.60. The molecule has 0 saturated heterocycles. The summed E-state index contributed by atoms with van der Waals surface area (Å²) in [5.74, 6) is 1.04. The zero-order valence-corrected chi connectivity index (χ0v) is 12.3. The molecule has 2 heterocycles. The molecule has 1 aliphatic rings. The highest BCUT2D eigenvalue weighted by atomic mass is 79.9. The van der Waals surface area contributed by atoms with Gasteiger partial charge in [0.2, 0.25) is 0 Å². The molecular weight excluding hydrogens is 310 g/mol. The van der Waals surface area contributed by atoms with Crippen molar-refractivity contribution >= 4 is 27.3 Å². The Labute approximate surface area is 119 Å². The Bertz CT molecular complexity index is 515. The lowest BCUT2D eigenvalue weighted by molar-refractivity contribution is 0.227. The second kappa shape index (κ2) is 5.43. The average Bonchev–Trinajstić information content (AvgIpc) is 2.96. The van der Waals surface area contributed by atoms with Crippen LogP contribution in [0.2, 0.25) is 0 Å². The largest absolute Gasteiger partial charge is 0.488 e. The summed E-state index contributed by atoms with van der Waals surface area (Å²) in [7, 11) is 0. The predicted molar refractivity (Wildman–Crippen MR) is 78.3 cm³/mol. The Morgan fingerprint density at radius 3 is 3.00 bits per heavy atom. The maximum atomic E-state index is 5.89. The summed E-state index contributed by atoms with van der Waals surface area (Å²) in [4.78, 5) is 1.34. The molecule has 1 aliphatic heterocycles. The summed E-state index contributed by atoms with van der Waals surface area (Å²) in [6.45, 7) is 1.79. The molecule has 1 atom stereocenters. The SMILES string of the molecule is Brc1ccsc1CNCC1Cc2ccccc2O1. The first-order valence-corrected chi connectivity index (χ1v) is 7.67. The van der Waals surface area contributed by atoms with E-state index in [9.17, 15) is 0 Å². The van der Waals surface area contributed by atoms with Crippen LogP contribution in [-0.4, -0.2) is 12.6 Å². The summed E-state index contributed by atoms with van der Waals surface area (Å²) in [5, 5.41) is 5.56. The van der Waals surface area contributed by atoms with E-state index in [4.69, 9.17) is 4.74 Å². The van der Waals surface area contributed by atoms with Gasteiger partial charge in [-0.05, 0) is 39.0 Å².